The number of nitrogens with one attached hydrogen (secondary N) is 1. The maximum Gasteiger partial charge on any atom is 0.175 e. The molecule has 1 aliphatic heterocycles. The van der Waals surface area contributed by atoms with E-state index in [9.17, 15) is 8.42 Å². The lowest BCUT2D eigenvalue weighted by Crippen LogP contribution is -2.46. The Labute approximate surface area is 128 Å². The number of nitrogens with zero attached hydrogens (tertiary/aromatic N) is 1. The van der Waals surface area contributed by atoms with E-state index in [1.807, 2.05) is 12.1 Å². The average Bonchev–Trinajstić information content (AvgIpc) is 2.42. The Morgan fingerprint density at radius 2 is 1.90 bits per heavy atom. The Morgan fingerprint density at radius 1 is 1.29 bits per heavy atom. The molecule has 118 valence electrons. The largest absolute Gasteiger partial charge is 0.307 e. The third-order valence-electron chi connectivity index (χ3n) is 4.50. The van der Waals surface area contributed by atoms with Gasteiger partial charge in [-0.05, 0) is 58.0 Å². The summed E-state index contributed by atoms with van der Waals surface area (Å²) in [4.78, 5) is 2.77. The molecule has 0 aliphatic carbocycles. The molecule has 0 spiro atoms. The van der Waals surface area contributed by atoms with Crippen molar-refractivity contribution in [3.05, 3.63) is 29.8 Å². The molecule has 1 heterocycles. The number of likely N-dealkylation sites (tertiary alicyclic amines) is 1. The van der Waals surface area contributed by atoms with Crippen LogP contribution in [0.3, 0.4) is 0 Å². The first-order valence-corrected chi connectivity index (χ1v) is 9.43. The highest BCUT2D eigenvalue weighted by atomic mass is 32.2. The number of hydrogen-bond acceptors (Lipinski definition) is 4. The van der Waals surface area contributed by atoms with Crippen LogP contribution in [0, 0.1) is 0 Å². The van der Waals surface area contributed by atoms with E-state index in [4.69, 9.17) is 0 Å². The number of hydrogen-bond donors (Lipinski definition) is 1. The maximum absolute atomic E-state index is 11.5. The monoisotopic (exact) mass is 310 g/mol. The van der Waals surface area contributed by atoms with Crippen molar-refractivity contribution in [2.45, 2.75) is 49.7 Å². The molecular formula is C16H26N2O2S. The normalized spacial score (nSPS) is 25.7. The topological polar surface area (TPSA) is 49.4 Å². The summed E-state index contributed by atoms with van der Waals surface area (Å²) in [6.45, 7) is 5.52. The fourth-order valence-electron chi connectivity index (χ4n) is 2.89. The highest BCUT2D eigenvalue weighted by molar-refractivity contribution is 7.90. The summed E-state index contributed by atoms with van der Waals surface area (Å²) in [5.41, 5.74) is 1.13. The summed E-state index contributed by atoms with van der Waals surface area (Å²) in [7, 11) is -0.937. The lowest BCUT2D eigenvalue weighted by atomic mass is 9.97. The molecule has 0 amide bonds. The minimum atomic E-state index is -3.11. The maximum atomic E-state index is 11.5. The van der Waals surface area contributed by atoms with E-state index in [1.165, 1.54) is 6.26 Å². The van der Waals surface area contributed by atoms with Gasteiger partial charge in [-0.25, -0.2) is 8.42 Å². The number of piperidine rings is 1. The van der Waals surface area contributed by atoms with Crippen molar-refractivity contribution in [2.75, 3.05) is 19.8 Å². The summed E-state index contributed by atoms with van der Waals surface area (Å²) in [6, 6.07) is 8.58. The van der Waals surface area contributed by atoms with Gasteiger partial charge in [0.05, 0.1) is 4.90 Å². The van der Waals surface area contributed by atoms with Crippen LogP contribution in [-0.2, 0) is 9.84 Å². The van der Waals surface area contributed by atoms with Crippen LogP contribution in [0.2, 0.25) is 0 Å². The van der Waals surface area contributed by atoms with Gasteiger partial charge < -0.3 is 10.2 Å². The van der Waals surface area contributed by atoms with Crippen LogP contribution in [0.5, 0.6) is 0 Å². The average molecular weight is 310 g/mol. The van der Waals surface area contributed by atoms with Crippen molar-refractivity contribution in [3.63, 3.8) is 0 Å². The van der Waals surface area contributed by atoms with Crippen molar-refractivity contribution in [2.24, 2.45) is 0 Å². The predicted octanol–water partition coefficient (Wildman–Crippen LogP) is 2.22. The molecule has 2 rings (SSSR count). The second kappa shape index (κ2) is 6.46. The van der Waals surface area contributed by atoms with E-state index in [2.05, 4.69) is 31.1 Å². The van der Waals surface area contributed by atoms with Crippen LogP contribution >= 0.6 is 0 Å². The van der Waals surface area contributed by atoms with Crippen LogP contribution in [-0.4, -0.2) is 45.2 Å². The summed E-state index contributed by atoms with van der Waals surface area (Å²) in [5, 5.41) is 3.67. The van der Waals surface area contributed by atoms with E-state index in [0.717, 1.165) is 24.9 Å². The molecular weight excluding hydrogens is 284 g/mol. The molecule has 1 N–H and O–H groups in total. The molecule has 21 heavy (non-hydrogen) atoms. The highest BCUT2D eigenvalue weighted by Gasteiger charge is 2.23. The zero-order valence-corrected chi connectivity index (χ0v) is 14.2. The van der Waals surface area contributed by atoms with Crippen LogP contribution in [0.1, 0.15) is 38.3 Å². The fourth-order valence-corrected chi connectivity index (χ4v) is 3.52. The summed E-state index contributed by atoms with van der Waals surface area (Å²) >= 11 is 0. The van der Waals surface area contributed by atoms with Crippen molar-refractivity contribution < 1.29 is 8.42 Å². The van der Waals surface area contributed by atoms with E-state index in [1.54, 1.807) is 12.1 Å². The van der Waals surface area contributed by atoms with Crippen molar-refractivity contribution in [1.82, 2.24) is 10.2 Å². The highest BCUT2D eigenvalue weighted by Crippen LogP contribution is 2.21. The minimum Gasteiger partial charge on any atom is -0.307 e. The molecule has 1 aromatic carbocycles. The Hall–Kier alpha value is -0.910. The molecule has 3 atom stereocenters. The van der Waals surface area contributed by atoms with Crippen LogP contribution in [0.15, 0.2) is 29.2 Å². The molecule has 1 aliphatic rings. The van der Waals surface area contributed by atoms with Gasteiger partial charge in [0, 0.05) is 24.4 Å². The zero-order chi connectivity index (χ0) is 15.6. The Balaban J connectivity index is 1.99. The van der Waals surface area contributed by atoms with Gasteiger partial charge in [0.15, 0.2) is 9.84 Å². The van der Waals surface area contributed by atoms with Gasteiger partial charge in [-0.1, -0.05) is 12.1 Å². The van der Waals surface area contributed by atoms with Gasteiger partial charge in [-0.15, -0.1) is 0 Å². The SMILES string of the molecule is CC(NC1CCN(C)C(C)C1)c1ccc(S(C)(=O)=O)cc1. The molecule has 0 aromatic heterocycles. The Bertz CT molecular complexity index is 568. The van der Waals surface area contributed by atoms with E-state index in [0.29, 0.717) is 17.0 Å². The van der Waals surface area contributed by atoms with Gasteiger partial charge in [0.2, 0.25) is 0 Å². The van der Waals surface area contributed by atoms with E-state index in [-0.39, 0.29) is 6.04 Å². The van der Waals surface area contributed by atoms with Crippen molar-refractivity contribution >= 4 is 9.84 Å². The first-order chi connectivity index (χ1) is 9.77. The Kier molecular flexibility index (Phi) is 5.07. The fraction of sp³-hybridized carbons (Fsp3) is 0.625. The minimum absolute atomic E-state index is 0.235. The zero-order valence-electron chi connectivity index (χ0n) is 13.3. The van der Waals surface area contributed by atoms with Gasteiger partial charge in [0.1, 0.15) is 0 Å². The molecule has 5 heteroatoms. The van der Waals surface area contributed by atoms with E-state index >= 15 is 0 Å². The van der Waals surface area contributed by atoms with Crippen LogP contribution < -0.4 is 5.32 Å². The third kappa shape index (κ3) is 4.28. The molecule has 4 nitrogen and oxygen atoms in total. The molecule has 3 unspecified atom stereocenters. The molecule has 0 radical (unpaired) electrons. The molecule has 0 bridgehead atoms. The predicted molar refractivity (Wildman–Crippen MR) is 86.2 cm³/mol. The first kappa shape index (κ1) is 16.5. The first-order valence-electron chi connectivity index (χ1n) is 7.53. The smallest absolute Gasteiger partial charge is 0.175 e. The molecule has 0 saturated carbocycles. The Morgan fingerprint density at radius 3 is 2.43 bits per heavy atom. The lowest BCUT2D eigenvalue weighted by Gasteiger charge is -2.36. The van der Waals surface area contributed by atoms with Crippen molar-refractivity contribution in [3.8, 4) is 0 Å². The van der Waals surface area contributed by atoms with Crippen LogP contribution in [0.25, 0.3) is 0 Å². The molecule has 1 aromatic rings. The second-order valence-electron chi connectivity index (χ2n) is 6.28. The van der Waals surface area contributed by atoms with Gasteiger partial charge in [-0.3, -0.25) is 0 Å². The van der Waals surface area contributed by atoms with Gasteiger partial charge in [0.25, 0.3) is 0 Å². The quantitative estimate of drug-likeness (QED) is 0.926. The van der Waals surface area contributed by atoms with E-state index < -0.39 is 9.84 Å². The van der Waals surface area contributed by atoms with Gasteiger partial charge in [-0.2, -0.15) is 0 Å². The number of rotatable bonds is 4. The summed E-state index contributed by atoms with van der Waals surface area (Å²) in [6.07, 6.45) is 3.55. The summed E-state index contributed by atoms with van der Waals surface area (Å²) in [5.74, 6) is 0. The molecule has 1 fully saturated rings. The molecule has 1 saturated heterocycles. The third-order valence-corrected chi connectivity index (χ3v) is 5.63. The standard InChI is InChI=1S/C16H26N2O2S/c1-12-11-15(9-10-18(12)3)17-13(2)14-5-7-16(8-6-14)21(4,19)20/h5-8,12-13,15,17H,9-11H2,1-4H3. The van der Waals surface area contributed by atoms with Gasteiger partial charge >= 0.3 is 0 Å². The number of benzene rings is 1. The summed E-state index contributed by atoms with van der Waals surface area (Å²) < 4.78 is 23.0. The number of sulfone groups is 1. The lowest BCUT2D eigenvalue weighted by molar-refractivity contribution is 0.163. The van der Waals surface area contributed by atoms with Crippen LogP contribution in [0.4, 0.5) is 0 Å². The van der Waals surface area contributed by atoms with Crippen molar-refractivity contribution in [1.29, 1.82) is 0 Å². The second-order valence-corrected chi connectivity index (χ2v) is 8.30.